The van der Waals surface area contributed by atoms with Crippen LogP contribution in [-0.4, -0.2) is 68.0 Å². The molecule has 7 unspecified atom stereocenters. The van der Waals surface area contributed by atoms with Gasteiger partial charge in [-0.1, -0.05) is 6.92 Å². The molecule has 28 heavy (non-hydrogen) atoms. The minimum atomic E-state index is -0.337. The van der Waals surface area contributed by atoms with Crippen molar-refractivity contribution in [1.82, 2.24) is 20.9 Å². The normalized spacial score (nSPS) is 39.6. The second-order valence-corrected chi connectivity index (χ2v) is 9.37. The van der Waals surface area contributed by atoms with Crippen LogP contribution in [0.1, 0.15) is 39.5 Å². The fourth-order valence-electron chi connectivity index (χ4n) is 4.96. The van der Waals surface area contributed by atoms with Crippen LogP contribution in [0.2, 0.25) is 0 Å². The van der Waals surface area contributed by atoms with Crippen LogP contribution < -0.4 is 21.7 Å². The Kier molecular flexibility index (Phi) is 8.23. The van der Waals surface area contributed by atoms with E-state index in [1.54, 1.807) is 0 Å². The van der Waals surface area contributed by atoms with Gasteiger partial charge in [-0.05, 0) is 56.9 Å². The van der Waals surface area contributed by atoms with E-state index in [1.807, 2.05) is 6.92 Å². The van der Waals surface area contributed by atoms with Crippen molar-refractivity contribution in [3.63, 3.8) is 0 Å². The molecular formula is C20H38ClN5O2. The Balaban J connectivity index is 1.62. The Morgan fingerprint density at radius 2 is 2.18 bits per heavy atom. The molecule has 2 aliphatic heterocycles. The molecule has 8 heteroatoms. The topological polar surface area (TPSA) is 91.6 Å². The van der Waals surface area contributed by atoms with E-state index in [0.717, 1.165) is 39.0 Å². The van der Waals surface area contributed by atoms with Crippen molar-refractivity contribution in [3.8, 4) is 0 Å². The summed E-state index contributed by atoms with van der Waals surface area (Å²) in [5.41, 5.74) is 5.92. The van der Waals surface area contributed by atoms with Crippen molar-refractivity contribution in [1.29, 1.82) is 0 Å². The molecule has 0 radical (unpaired) electrons. The number of hydrogen-bond donors (Lipinski definition) is 4. The van der Waals surface area contributed by atoms with Gasteiger partial charge in [0.25, 0.3) is 0 Å². The zero-order valence-electron chi connectivity index (χ0n) is 17.3. The number of ether oxygens (including phenoxy) is 1. The van der Waals surface area contributed by atoms with E-state index in [4.69, 9.17) is 22.1 Å². The van der Waals surface area contributed by atoms with Crippen LogP contribution in [0, 0.1) is 23.7 Å². The summed E-state index contributed by atoms with van der Waals surface area (Å²) in [5, 5.41) is 10.8. The van der Waals surface area contributed by atoms with Crippen LogP contribution in [-0.2, 0) is 4.74 Å². The van der Waals surface area contributed by atoms with Crippen molar-refractivity contribution in [2.45, 2.75) is 57.2 Å². The monoisotopic (exact) mass is 415 g/mol. The summed E-state index contributed by atoms with van der Waals surface area (Å²) in [6.07, 6.45) is 4.77. The van der Waals surface area contributed by atoms with Crippen molar-refractivity contribution in [2.24, 2.45) is 29.4 Å². The van der Waals surface area contributed by atoms with E-state index in [2.05, 4.69) is 27.8 Å². The molecule has 0 aromatic carbocycles. The van der Waals surface area contributed by atoms with Gasteiger partial charge in [-0.2, -0.15) is 0 Å². The highest BCUT2D eigenvalue weighted by Crippen LogP contribution is 2.35. The third kappa shape index (κ3) is 5.51. The van der Waals surface area contributed by atoms with Crippen LogP contribution in [0.3, 0.4) is 0 Å². The van der Waals surface area contributed by atoms with Gasteiger partial charge < -0.3 is 21.1 Å². The van der Waals surface area contributed by atoms with Crippen LogP contribution in [0.15, 0.2) is 0 Å². The molecule has 162 valence electrons. The van der Waals surface area contributed by atoms with Crippen molar-refractivity contribution in [2.75, 3.05) is 39.3 Å². The number of alkyl carbamates (subject to hydrolysis) is 1. The average molecular weight is 416 g/mol. The van der Waals surface area contributed by atoms with E-state index in [1.165, 1.54) is 12.8 Å². The molecule has 0 aromatic rings. The molecular weight excluding hydrogens is 378 g/mol. The molecule has 5 N–H and O–H groups in total. The summed E-state index contributed by atoms with van der Waals surface area (Å²) in [6, 6.07) is 0. The number of amides is 1. The maximum Gasteiger partial charge on any atom is 0.407 e. The zero-order chi connectivity index (χ0) is 20.1. The second kappa shape index (κ2) is 10.4. The van der Waals surface area contributed by atoms with Crippen LogP contribution in [0.25, 0.3) is 0 Å². The molecule has 2 saturated heterocycles. The number of nitrogens with zero attached hydrogens (tertiary/aromatic N) is 1. The number of halogens is 1. The molecule has 3 aliphatic rings. The quantitative estimate of drug-likeness (QED) is 0.491. The van der Waals surface area contributed by atoms with Gasteiger partial charge in [0.05, 0.1) is 18.9 Å². The average Bonchev–Trinajstić information content (AvgIpc) is 3.18. The number of nitrogens with one attached hydrogen (secondary N) is 3. The van der Waals surface area contributed by atoms with E-state index < -0.39 is 0 Å². The lowest BCUT2D eigenvalue weighted by molar-refractivity contribution is 0.0513. The van der Waals surface area contributed by atoms with Crippen molar-refractivity contribution >= 4 is 17.7 Å². The SMILES string of the molecule is CCOC(=O)NCC1CNC(C2CCC(C)C(Cl)C2)NC1N1CCC(CN)C1. The predicted molar refractivity (Wildman–Crippen MR) is 112 cm³/mol. The molecule has 2 heterocycles. The Labute approximate surface area is 174 Å². The molecule has 1 amide bonds. The molecule has 0 aromatic heterocycles. The number of rotatable bonds is 6. The fourth-order valence-corrected chi connectivity index (χ4v) is 5.32. The van der Waals surface area contributed by atoms with E-state index in [9.17, 15) is 4.79 Å². The molecule has 1 saturated carbocycles. The van der Waals surface area contributed by atoms with Crippen LogP contribution in [0.5, 0.6) is 0 Å². The Morgan fingerprint density at radius 1 is 1.36 bits per heavy atom. The highest BCUT2D eigenvalue weighted by molar-refractivity contribution is 6.20. The Bertz CT molecular complexity index is 511. The number of likely N-dealkylation sites (tertiary alicyclic amines) is 1. The number of carbonyl (C=O) groups is 1. The highest BCUT2D eigenvalue weighted by Gasteiger charge is 2.40. The maximum atomic E-state index is 11.8. The summed E-state index contributed by atoms with van der Waals surface area (Å²) in [4.78, 5) is 14.3. The van der Waals surface area contributed by atoms with Gasteiger partial charge in [-0.25, -0.2) is 4.79 Å². The number of carbonyl (C=O) groups excluding carboxylic acids is 1. The lowest BCUT2D eigenvalue weighted by Crippen LogP contribution is -2.67. The largest absolute Gasteiger partial charge is 0.450 e. The van der Waals surface area contributed by atoms with Gasteiger partial charge in [0.15, 0.2) is 0 Å². The highest BCUT2D eigenvalue weighted by atomic mass is 35.5. The Morgan fingerprint density at radius 3 is 2.86 bits per heavy atom. The summed E-state index contributed by atoms with van der Waals surface area (Å²) in [5.74, 6) is 2.00. The summed E-state index contributed by atoms with van der Waals surface area (Å²) < 4.78 is 5.03. The van der Waals surface area contributed by atoms with E-state index in [0.29, 0.717) is 30.9 Å². The lowest BCUT2D eigenvalue weighted by Gasteiger charge is -2.47. The molecule has 3 rings (SSSR count). The van der Waals surface area contributed by atoms with Crippen LogP contribution in [0.4, 0.5) is 4.79 Å². The Hall–Kier alpha value is -0.600. The van der Waals surface area contributed by atoms with Crippen LogP contribution >= 0.6 is 11.6 Å². The number of hydrogen-bond acceptors (Lipinski definition) is 6. The predicted octanol–water partition coefficient (Wildman–Crippen LogP) is 1.52. The molecule has 0 bridgehead atoms. The molecule has 1 aliphatic carbocycles. The van der Waals surface area contributed by atoms with Crippen molar-refractivity contribution < 1.29 is 9.53 Å². The van der Waals surface area contributed by atoms with E-state index in [-0.39, 0.29) is 29.7 Å². The van der Waals surface area contributed by atoms with Gasteiger partial charge in [-0.3, -0.25) is 10.2 Å². The minimum absolute atomic E-state index is 0.234. The molecule has 7 nitrogen and oxygen atoms in total. The maximum absolute atomic E-state index is 11.8. The standard InChI is InChI=1S/C20H38ClN5O2/c1-3-28-20(27)24-11-16-10-23-18(15-5-4-13(2)17(21)8-15)25-19(16)26-7-6-14(9-22)12-26/h13-19,23,25H,3-12,22H2,1-2H3,(H,24,27). The smallest absolute Gasteiger partial charge is 0.407 e. The zero-order valence-corrected chi connectivity index (χ0v) is 18.1. The molecule has 0 spiro atoms. The fraction of sp³-hybridized carbons (Fsp3) is 0.950. The van der Waals surface area contributed by atoms with Gasteiger partial charge >= 0.3 is 6.09 Å². The van der Waals surface area contributed by atoms with Gasteiger partial charge in [0.1, 0.15) is 0 Å². The van der Waals surface area contributed by atoms with Gasteiger partial charge in [-0.15, -0.1) is 11.6 Å². The summed E-state index contributed by atoms with van der Waals surface area (Å²) in [7, 11) is 0. The minimum Gasteiger partial charge on any atom is -0.450 e. The first-order valence-electron chi connectivity index (χ1n) is 11.0. The van der Waals surface area contributed by atoms with Gasteiger partial charge in [0.2, 0.25) is 0 Å². The lowest BCUT2D eigenvalue weighted by atomic mass is 9.80. The third-order valence-corrected chi connectivity index (χ3v) is 7.44. The number of alkyl halides is 1. The summed E-state index contributed by atoms with van der Waals surface area (Å²) >= 11 is 6.58. The first-order valence-corrected chi connectivity index (χ1v) is 11.4. The van der Waals surface area contributed by atoms with Crippen molar-refractivity contribution in [3.05, 3.63) is 0 Å². The first-order chi connectivity index (χ1) is 13.5. The van der Waals surface area contributed by atoms with E-state index >= 15 is 0 Å². The first kappa shape index (κ1) is 22.1. The second-order valence-electron chi connectivity index (χ2n) is 8.81. The van der Waals surface area contributed by atoms with Gasteiger partial charge in [0, 0.05) is 37.5 Å². The molecule has 3 fully saturated rings. The third-order valence-electron chi connectivity index (χ3n) is 6.83. The summed E-state index contributed by atoms with van der Waals surface area (Å²) in [6.45, 7) is 8.76. The molecule has 7 atom stereocenters. The number of nitrogens with two attached hydrogens (primary N) is 1.